The molecule has 0 spiro atoms. The van der Waals surface area contributed by atoms with Gasteiger partial charge in [-0.25, -0.2) is 4.98 Å². The summed E-state index contributed by atoms with van der Waals surface area (Å²) in [5, 5.41) is 8.40. The van der Waals surface area contributed by atoms with E-state index < -0.39 is 0 Å². The molecule has 1 amide bonds. The number of hydrogen-bond acceptors (Lipinski definition) is 8. The predicted octanol–water partition coefficient (Wildman–Crippen LogP) is 2.62. The van der Waals surface area contributed by atoms with Crippen molar-refractivity contribution in [2.45, 2.75) is 40.0 Å². The van der Waals surface area contributed by atoms with Crippen LogP contribution in [0.1, 0.15) is 36.1 Å². The Morgan fingerprint density at radius 2 is 1.89 bits per heavy atom. The Bertz CT molecular complexity index is 1310. The first-order valence-corrected chi connectivity index (χ1v) is 14.1. The first-order chi connectivity index (χ1) is 17.9. The summed E-state index contributed by atoms with van der Waals surface area (Å²) in [6.07, 6.45) is 2.77. The zero-order valence-electron chi connectivity index (χ0n) is 22.1. The summed E-state index contributed by atoms with van der Waals surface area (Å²) < 4.78 is 1.36. The number of amides is 1. The monoisotopic (exact) mass is 523 g/mol. The van der Waals surface area contributed by atoms with Crippen LogP contribution in [0, 0.1) is 26.7 Å². The maximum absolute atomic E-state index is 12.9. The van der Waals surface area contributed by atoms with E-state index in [1.54, 1.807) is 0 Å². The molecule has 4 heterocycles. The second kappa shape index (κ2) is 11.2. The highest BCUT2D eigenvalue weighted by atomic mass is 32.1. The van der Waals surface area contributed by atoms with Crippen LogP contribution in [0.25, 0.3) is 4.96 Å². The van der Waals surface area contributed by atoms with Crippen LogP contribution in [0.15, 0.2) is 29.1 Å². The molecule has 37 heavy (non-hydrogen) atoms. The van der Waals surface area contributed by atoms with Gasteiger partial charge in [0.25, 0.3) is 5.56 Å². The molecule has 1 N–H and O–H groups in total. The lowest BCUT2D eigenvalue weighted by Crippen LogP contribution is -2.47. The van der Waals surface area contributed by atoms with Crippen molar-refractivity contribution in [2.24, 2.45) is 5.92 Å². The van der Waals surface area contributed by atoms with Crippen LogP contribution in [-0.2, 0) is 4.79 Å². The third-order valence-electron chi connectivity index (χ3n) is 7.45. The molecule has 5 rings (SSSR count). The zero-order valence-corrected chi connectivity index (χ0v) is 22.9. The Kier molecular flexibility index (Phi) is 7.76. The minimum absolute atomic E-state index is 0.0618. The number of nitrogens with one attached hydrogen (secondary N) is 1. The van der Waals surface area contributed by atoms with Crippen molar-refractivity contribution in [1.82, 2.24) is 24.8 Å². The van der Waals surface area contributed by atoms with Crippen LogP contribution in [-0.4, -0.2) is 77.8 Å². The number of fused-ring (bicyclic) bond motifs is 1. The lowest BCUT2D eigenvalue weighted by molar-refractivity contribution is -0.125. The van der Waals surface area contributed by atoms with Crippen LogP contribution in [0.3, 0.4) is 0 Å². The summed E-state index contributed by atoms with van der Waals surface area (Å²) in [5.74, 6) is 0.0602. The summed E-state index contributed by atoms with van der Waals surface area (Å²) in [4.78, 5) is 37.3. The van der Waals surface area contributed by atoms with Crippen molar-refractivity contribution in [3.8, 4) is 0 Å². The van der Waals surface area contributed by atoms with Crippen molar-refractivity contribution >= 4 is 33.0 Å². The zero-order chi connectivity index (χ0) is 25.9. The second-order valence-corrected chi connectivity index (χ2v) is 11.3. The number of aryl methyl sites for hydroxylation is 3. The largest absolute Gasteiger partial charge is 0.369 e. The van der Waals surface area contributed by atoms with E-state index >= 15 is 0 Å². The highest BCUT2D eigenvalue weighted by Gasteiger charge is 2.28. The number of anilines is 2. The minimum atomic E-state index is -0.164. The van der Waals surface area contributed by atoms with Gasteiger partial charge in [0, 0.05) is 63.3 Å². The van der Waals surface area contributed by atoms with Gasteiger partial charge in [-0.1, -0.05) is 23.5 Å². The van der Waals surface area contributed by atoms with Gasteiger partial charge >= 0.3 is 0 Å². The third-order valence-corrected chi connectivity index (χ3v) is 8.42. The maximum atomic E-state index is 12.9. The molecule has 1 atom stereocenters. The van der Waals surface area contributed by atoms with Crippen molar-refractivity contribution in [3.63, 3.8) is 0 Å². The van der Waals surface area contributed by atoms with Crippen molar-refractivity contribution < 1.29 is 4.79 Å². The van der Waals surface area contributed by atoms with E-state index in [4.69, 9.17) is 0 Å². The van der Waals surface area contributed by atoms with Gasteiger partial charge in [-0.3, -0.25) is 14.5 Å². The number of piperazine rings is 1. The fraction of sp³-hybridized carbons (Fsp3) is 0.556. The minimum Gasteiger partial charge on any atom is -0.369 e. The standard InChI is InChI=1S/C27H37N7O2S/c1-19-7-8-20(2)23(16-19)32-14-12-31(13-15-32)10-5-9-28-25(36)22-6-4-11-33(18-22)27-30-34-24(35)17-21(3)29-26(34)37-27/h7-8,16-17,22H,4-6,9-15,18H2,1-3H3,(H,28,36)/t22-/m1/s1. The number of nitrogens with zero attached hydrogens (tertiary/aromatic N) is 6. The SMILES string of the molecule is Cc1ccc(C)c(N2CCN(CCCNC(=O)[C@@H]3CCCN(c4nn5c(=O)cc(C)nc5s4)C3)CC2)c1. The van der Waals surface area contributed by atoms with Crippen molar-refractivity contribution in [2.75, 3.05) is 62.2 Å². The molecule has 3 aromatic rings. The summed E-state index contributed by atoms with van der Waals surface area (Å²) in [6, 6.07) is 8.18. The number of hydrogen-bond donors (Lipinski definition) is 1. The summed E-state index contributed by atoms with van der Waals surface area (Å²) >= 11 is 1.41. The molecule has 9 nitrogen and oxygen atoms in total. The van der Waals surface area contributed by atoms with Crippen LogP contribution in [0.4, 0.5) is 10.8 Å². The van der Waals surface area contributed by atoms with E-state index in [0.29, 0.717) is 23.7 Å². The molecular weight excluding hydrogens is 486 g/mol. The molecule has 2 saturated heterocycles. The second-order valence-electron chi connectivity index (χ2n) is 10.4. The molecule has 2 aliphatic heterocycles. The smallest absolute Gasteiger partial charge is 0.275 e. The molecule has 1 aromatic carbocycles. The van der Waals surface area contributed by atoms with Gasteiger partial charge in [0.1, 0.15) is 0 Å². The van der Waals surface area contributed by atoms with E-state index in [9.17, 15) is 9.59 Å². The van der Waals surface area contributed by atoms with Gasteiger partial charge in [-0.05, 0) is 63.8 Å². The predicted molar refractivity (Wildman–Crippen MR) is 149 cm³/mol. The van der Waals surface area contributed by atoms with Gasteiger partial charge in [-0.15, -0.1) is 5.10 Å². The molecule has 0 bridgehead atoms. The number of piperidine rings is 1. The molecule has 2 fully saturated rings. The summed E-state index contributed by atoms with van der Waals surface area (Å²) in [7, 11) is 0. The van der Waals surface area contributed by atoms with Crippen LogP contribution >= 0.6 is 11.3 Å². The van der Waals surface area contributed by atoms with Gasteiger partial charge in [0.2, 0.25) is 16.0 Å². The Hall–Kier alpha value is -2.98. The quantitative estimate of drug-likeness (QED) is 0.477. The van der Waals surface area contributed by atoms with Gasteiger partial charge < -0.3 is 15.1 Å². The molecule has 0 aliphatic carbocycles. The summed E-state index contributed by atoms with van der Waals surface area (Å²) in [5.41, 5.74) is 4.54. The van der Waals surface area contributed by atoms with Crippen molar-refractivity contribution in [1.29, 1.82) is 0 Å². The highest BCUT2D eigenvalue weighted by molar-refractivity contribution is 7.20. The molecule has 0 saturated carbocycles. The van der Waals surface area contributed by atoms with Crippen LogP contribution in [0.5, 0.6) is 0 Å². The van der Waals surface area contributed by atoms with Gasteiger partial charge in [0.15, 0.2) is 0 Å². The first-order valence-electron chi connectivity index (χ1n) is 13.3. The maximum Gasteiger partial charge on any atom is 0.275 e. The topological polar surface area (TPSA) is 86.1 Å². The molecular formula is C27H37N7O2S. The Balaban J connectivity index is 1.06. The fourth-order valence-electron chi connectivity index (χ4n) is 5.33. The highest BCUT2D eigenvalue weighted by Crippen LogP contribution is 2.27. The lowest BCUT2D eigenvalue weighted by Gasteiger charge is -2.37. The van der Waals surface area contributed by atoms with Gasteiger partial charge in [0.05, 0.1) is 5.92 Å². The van der Waals surface area contributed by atoms with E-state index in [2.05, 4.69) is 62.1 Å². The number of carbonyl (C=O) groups is 1. The number of carbonyl (C=O) groups excluding carboxylic acids is 1. The Morgan fingerprint density at radius 3 is 2.70 bits per heavy atom. The Morgan fingerprint density at radius 1 is 1.08 bits per heavy atom. The van der Waals surface area contributed by atoms with E-state index in [1.807, 2.05) is 6.92 Å². The molecule has 0 unspecified atom stereocenters. The molecule has 2 aliphatic rings. The van der Waals surface area contributed by atoms with Crippen LogP contribution < -0.4 is 20.7 Å². The van der Waals surface area contributed by atoms with Crippen molar-refractivity contribution in [3.05, 3.63) is 51.4 Å². The fourth-order valence-corrected chi connectivity index (χ4v) is 6.32. The molecule has 0 radical (unpaired) electrons. The Labute approximate surface area is 222 Å². The average Bonchev–Trinajstić information content (AvgIpc) is 3.33. The number of rotatable bonds is 7. The lowest BCUT2D eigenvalue weighted by atomic mass is 9.97. The number of aromatic nitrogens is 3. The first kappa shape index (κ1) is 25.7. The summed E-state index contributed by atoms with van der Waals surface area (Å²) in [6.45, 7) is 13.5. The van der Waals surface area contributed by atoms with E-state index in [1.165, 1.54) is 38.7 Å². The van der Waals surface area contributed by atoms with Gasteiger partial charge in [-0.2, -0.15) is 4.52 Å². The average molecular weight is 524 g/mol. The van der Waals surface area contributed by atoms with Crippen LogP contribution in [0.2, 0.25) is 0 Å². The molecule has 2 aromatic heterocycles. The molecule has 198 valence electrons. The third kappa shape index (κ3) is 5.96. The van der Waals surface area contributed by atoms with E-state index in [0.717, 1.165) is 63.7 Å². The molecule has 10 heteroatoms. The number of benzene rings is 1. The normalized spacial score (nSPS) is 18.9. The van der Waals surface area contributed by atoms with E-state index in [-0.39, 0.29) is 17.4 Å².